The van der Waals surface area contributed by atoms with Crippen molar-refractivity contribution >= 4 is 45.8 Å². The predicted octanol–water partition coefficient (Wildman–Crippen LogP) is 3.35. The van der Waals surface area contributed by atoms with Crippen LogP contribution in [0.2, 0.25) is 5.02 Å². The van der Waals surface area contributed by atoms with Crippen molar-refractivity contribution in [3.8, 4) is 0 Å². The maximum Gasteiger partial charge on any atom is 0.255 e. The lowest BCUT2D eigenvalue weighted by Crippen LogP contribution is -2.40. The number of carbonyl (C=O) groups is 1. The third-order valence-electron chi connectivity index (χ3n) is 3.24. The molecular weight excluding hydrogens is 351 g/mol. The number of hydrogen-bond donors (Lipinski definition) is 1. The molecule has 1 aromatic carbocycles. The molecule has 6 heteroatoms. The SMILES string of the molecule is CNCC1CCCN1C(=O)c1cc(Br)ccc1Cl.Cl. The Morgan fingerprint density at radius 1 is 1.58 bits per heavy atom. The van der Waals surface area contributed by atoms with Crippen molar-refractivity contribution in [2.45, 2.75) is 18.9 Å². The van der Waals surface area contributed by atoms with Gasteiger partial charge in [-0.1, -0.05) is 27.5 Å². The van der Waals surface area contributed by atoms with Crippen LogP contribution in [-0.4, -0.2) is 37.0 Å². The maximum atomic E-state index is 12.5. The Kier molecular flexibility index (Phi) is 6.60. The van der Waals surface area contributed by atoms with Crippen LogP contribution in [0.4, 0.5) is 0 Å². The van der Waals surface area contributed by atoms with Gasteiger partial charge in [-0.25, -0.2) is 0 Å². The fourth-order valence-corrected chi connectivity index (χ4v) is 2.93. The van der Waals surface area contributed by atoms with Crippen molar-refractivity contribution < 1.29 is 4.79 Å². The highest BCUT2D eigenvalue weighted by Gasteiger charge is 2.29. The van der Waals surface area contributed by atoms with Gasteiger partial charge >= 0.3 is 0 Å². The molecule has 1 amide bonds. The third kappa shape index (κ3) is 3.85. The molecule has 3 nitrogen and oxygen atoms in total. The Hall–Kier alpha value is -0.290. The monoisotopic (exact) mass is 366 g/mol. The molecule has 1 aliphatic rings. The molecule has 0 radical (unpaired) electrons. The second kappa shape index (κ2) is 7.48. The summed E-state index contributed by atoms with van der Waals surface area (Å²) in [6.07, 6.45) is 2.11. The van der Waals surface area contributed by atoms with Crippen molar-refractivity contribution in [1.29, 1.82) is 0 Å². The average molecular weight is 368 g/mol. The summed E-state index contributed by atoms with van der Waals surface area (Å²) in [5, 5.41) is 3.65. The summed E-state index contributed by atoms with van der Waals surface area (Å²) in [5.41, 5.74) is 0.578. The number of rotatable bonds is 3. The minimum Gasteiger partial charge on any atom is -0.334 e. The van der Waals surface area contributed by atoms with E-state index in [0.29, 0.717) is 10.6 Å². The van der Waals surface area contributed by atoms with Gasteiger partial charge in [-0.3, -0.25) is 4.79 Å². The molecule has 1 fully saturated rings. The van der Waals surface area contributed by atoms with E-state index in [1.54, 1.807) is 12.1 Å². The van der Waals surface area contributed by atoms with Gasteiger partial charge in [0, 0.05) is 23.6 Å². The summed E-state index contributed by atoms with van der Waals surface area (Å²) < 4.78 is 0.875. The Labute approximate surface area is 133 Å². The number of carbonyl (C=O) groups excluding carboxylic acids is 1. The average Bonchev–Trinajstić information content (AvgIpc) is 2.80. The molecule has 0 aromatic heterocycles. The standard InChI is InChI=1S/C13H16BrClN2O.ClH/c1-16-8-10-3-2-6-17(10)13(18)11-7-9(14)4-5-12(11)15;/h4-5,7,10,16H,2-3,6,8H2,1H3;1H. The molecule has 0 aliphatic carbocycles. The molecule has 1 N–H and O–H groups in total. The van der Waals surface area contributed by atoms with Crippen molar-refractivity contribution in [1.82, 2.24) is 10.2 Å². The molecule has 2 rings (SSSR count). The number of amides is 1. The molecule has 1 atom stereocenters. The molecule has 1 unspecified atom stereocenters. The van der Waals surface area contributed by atoms with Gasteiger partial charge in [0.15, 0.2) is 0 Å². The normalized spacial score (nSPS) is 18.3. The van der Waals surface area contributed by atoms with Gasteiger partial charge in [0.2, 0.25) is 0 Å². The van der Waals surface area contributed by atoms with Crippen molar-refractivity contribution in [2.24, 2.45) is 0 Å². The zero-order valence-electron chi connectivity index (χ0n) is 10.7. The molecular formula is C13H17BrCl2N2O. The number of hydrogen-bond acceptors (Lipinski definition) is 2. The summed E-state index contributed by atoms with van der Waals surface area (Å²) in [5.74, 6) is 0.0269. The second-order valence-electron chi connectivity index (χ2n) is 4.48. The summed E-state index contributed by atoms with van der Waals surface area (Å²) in [6, 6.07) is 5.66. The van der Waals surface area contributed by atoms with E-state index < -0.39 is 0 Å². The molecule has 1 aliphatic heterocycles. The molecule has 1 heterocycles. The largest absolute Gasteiger partial charge is 0.334 e. The summed E-state index contributed by atoms with van der Waals surface area (Å²) in [7, 11) is 1.91. The van der Waals surface area contributed by atoms with E-state index in [1.807, 2.05) is 18.0 Å². The molecule has 19 heavy (non-hydrogen) atoms. The Morgan fingerprint density at radius 2 is 2.32 bits per heavy atom. The van der Waals surface area contributed by atoms with Gasteiger partial charge < -0.3 is 10.2 Å². The fraction of sp³-hybridized carbons (Fsp3) is 0.462. The van der Waals surface area contributed by atoms with Crippen molar-refractivity contribution in [3.05, 3.63) is 33.3 Å². The van der Waals surface area contributed by atoms with Crippen LogP contribution < -0.4 is 5.32 Å². The first-order valence-electron chi connectivity index (χ1n) is 6.04. The Bertz CT molecular complexity index is 456. The first-order chi connectivity index (χ1) is 8.63. The number of nitrogens with one attached hydrogen (secondary N) is 1. The van der Waals surface area contributed by atoms with Crippen LogP contribution >= 0.6 is 39.9 Å². The Morgan fingerprint density at radius 3 is 3.00 bits per heavy atom. The van der Waals surface area contributed by atoms with Crippen LogP contribution in [0.3, 0.4) is 0 Å². The quantitative estimate of drug-likeness (QED) is 0.888. The van der Waals surface area contributed by atoms with E-state index in [9.17, 15) is 4.79 Å². The first kappa shape index (κ1) is 16.8. The van der Waals surface area contributed by atoms with E-state index in [1.165, 1.54) is 0 Å². The van der Waals surface area contributed by atoms with Gasteiger partial charge in [-0.2, -0.15) is 0 Å². The highest BCUT2D eigenvalue weighted by atomic mass is 79.9. The van der Waals surface area contributed by atoms with Crippen LogP contribution in [0.15, 0.2) is 22.7 Å². The van der Waals surface area contributed by atoms with E-state index in [-0.39, 0.29) is 24.4 Å². The van der Waals surface area contributed by atoms with Crippen molar-refractivity contribution in [2.75, 3.05) is 20.1 Å². The molecule has 0 spiro atoms. The number of likely N-dealkylation sites (N-methyl/N-ethyl adjacent to an activating group) is 1. The molecule has 106 valence electrons. The van der Waals surface area contributed by atoms with E-state index in [0.717, 1.165) is 30.4 Å². The Balaban J connectivity index is 0.00000180. The summed E-state index contributed by atoms with van der Waals surface area (Å²) in [6.45, 7) is 1.64. The smallest absolute Gasteiger partial charge is 0.255 e. The maximum absolute atomic E-state index is 12.5. The van der Waals surface area contributed by atoms with E-state index >= 15 is 0 Å². The molecule has 0 bridgehead atoms. The fourth-order valence-electron chi connectivity index (χ4n) is 2.37. The molecule has 0 saturated carbocycles. The first-order valence-corrected chi connectivity index (χ1v) is 7.21. The van der Waals surface area contributed by atoms with Crippen LogP contribution in [-0.2, 0) is 0 Å². The highest BCUT2D eigenvalue weighted by Crippen LogP contribution is 2.26. The van der Waals surface area contributed by atoms with Crippen LogP contribution in [0.1, 0.15) is 23.2 Å². The molecule has 1 saturated heterocycles. The van der Waals surface area contributed by atoms with Gasteiger partial charge in [0.05, 0.1) is 10.6 Å². The zero-order chi connectivity index (χ0) is 13.1. The lowest BCUT2D eigenvalue weighted by Gasteiger charge is -2.25. The summed E-state index contributed by atoms with van der Waals surface area (Å²) in [4.78, 5) is 14.4. The molecule has 1 aromatic rings. The zero-order valence-corrected chi connectivity index (χ0v) is 13.8. The highest BCUT2D eigenvalue weighted by molar-refractivity contribution is 9.10. The second-order valence-corrected chi connectivity index (χ2v) is 5.80. The van der Waals surface area contributed by atoms with Gasteiger partial charge in [0.1, 0.15) is 0 Å². The number of halogens is 3. The van der Waals surface area contributed by atoms with Gasteiger partial charge in [0.25, 0.3) is 5.91 Å². The number of likely N-dealkylation sites (tertiary alicyclic amines) is 1. The lowest BCUT2D eigenvalue weighted by molar-refractivity contribution is 0.0737. The van der Waals surface area contributed by atoms with Gasteiger partial charge in [-0.15, -0.1) is 12.4 Å². The van der Waals surface area contributed by atoms with E-state index in [2.05, 4.69) is 21.2 Å². The van der Waals surface area contributed by atoms with Crippen LogP contribution in [0.5, 0.6) is 0 Å². The minimum atomic E-state index is 0. The van der Waals surface area contributed by atoms with Crippen molar-refractivity contribution in [3.63, 3.8) is 0 Å². The number of benzene rings is 1. The summed E-state index contributed by atoms with van der Waals surface area (Å²) >= 11 is 9.49. The van der Waals surface area contributed by atoms with E-state index in [4.69, 9.17) is 11.6 Å². The lowest BCUT2D eigenvalue weighted by atomic mass is 10.1. The van der Waals surface area contributed by atoms with Gasteiger partial charge in [-0.05, 0) is 38.1 Å². The predicted molar refractivity (Wildman–Crippen MR) is 84.4 cm³/mol. The third-order valence-corrected chi connectivity index (χ3v) is 4.06. The van der Waals surface area contributed by atoms with Crippen LogP contribution in [0, 0.1) is 0 Å². The minimum absolute atomic E-state index is 0. The topological polar surface area (TPSA) is 32.3 Å². The number of nitrogens with zero attached hydrogens (tertiary/aromatic N) is 1. The van der Waals surface area contributed by atoms with Crippen LogP contribution in [0.25, 0.3) is 0 Å².